The van der Waals surface area contributed by atoms with Gasteiger partial charge < -0.3 is 31.2 Å². The molecule has 7 N–H and O–H groups in total. The number of hydrogen-bond donors (Lipinski definition) is 3. The van der Waals surface area contributed by atoms with E-state index in [4.69, 9.17) is 20.9 Å². The third kappa shape index (κ3) is 5.61. The lowest BCUT2D eigenvalue weighted by molar-refractivity contribution is -0.256. The molecule has 8 nitrogen and oxygen atoms in total. The Morgan fingerprint density at radius 3 is 1.90 bits per heavy atom. The minimum atomic E-state index is -4.41. The molecule has 0 unspecified atom stereocenters. The predicted octanol–water partition coefficient (Wildman–Crippen LogP) is 2.00. The number of ether oxygens (including phenoxy) is 2. The third-order valence-electron chi connectivity index (χ3n) is 4.04. The summed E-state index contributed by atoms with van der Waals surface area (Å²) < 4.78 is 41.7. The molecule has 3 aromatic rings. The summed E-state index contributed by atoms with van der Waals surface area (Å²) in [6.07, 6.45) is 0. The number of para-hydroxylation sites is 1. The first-order chi connectivity index (χ1) is 13.7. The summed E-state index contributed by atoms with van der Waals surface area (Å²) >= 11 is 0. The second kappa shape index (κ2) is 9.28. The minimum absolute atomic E-state index is 0.0116. The molecular formula is C20H23N3O5S. The molecule has 0 saturated carbocycles. The van der Waals surface area contributed by atoms with E-state index in [0.717, 1.165) is 22.6 Å². The van der Waals surface area contributed by atoms with E-state index < -0.39 is 10.1 Å². The van der Waals surface area contributed by atoms with Crippen LogP contribution in [0.25, 0.3) is 11.1 Å². The summed E-state index contributed by atoms with van der Waals surface area (Å²) in [5.74, 6) is 1.44. The number of nitrogens with two attached hydrogens (primary N) is 2. The second-order valence-electron chi connectivity index (χ2n) is 5.98. The highest BCUT2D eigenvalue weighted by atomic mass is 32.2. The van der Waals surface area contributed by atoms with Crippen LogP contribution in [-0.2, 0) is 10.1 Å². The van der Waals surface area contributed by atoms with Gasteiger partial charge in [0.25, 0.3) is 0 Å². The van der Waals surface area contributed by atoms with Gasteiger partial charge in [0.1, 0.15) is 15.9 Å². The summed E-state index contributed by atoms with van der Waals surface area (Å²) in [5.41, 5.74) is 18.5. The van der Waals surface area contributed by atoms with Crippen LogP contribution in [-0.4, -0.2) is 27.2 Å². The number of rotatable bonds is 4. The van der Waals surface area contributed by atoms with E-state index in [9.17, 15) is 13.0 Å². The van der Waals surface area contributed by atoms with Gasteiger partial charge in [0, 0.05) is 11.8 Å². The molecule has 0 saturated heterocycles. The molecule has 0 radical (unpaired) electrons. The Hall–Kier alpha value is -3.27. The number of nitrogen functional groups attached to an aromatic ring is 2. The van der Waals surface area contributed by atoms with Crippen LogP contribution in [0.5, 0.6) is 11.5 Å². The maximum Gasteiger partial charge on any atom is 0.180 e. The molecule has 0 heterocycles. The van der Waals surface area contributed by atoms with Crippen molar-refractivity contribution in [3.63, 3.8) is 0 Å². The summed E-state index contributed by atoms with van der Waals surface area (Å²) in [7, 11) is -1.17. The zero-order valence-corrected chi connectivity index (χ0v) is 16.9. The fourth-order valence-corrected chi connectivity index (χ4v) is 3.12. The Morgan fingerprint density at radius 2 is 1.38 bits per heavy atom. The first kappa shape index (κ1) is 22.0. The van der Waals surface area contributed by atoms with Crippen LogP contribution in [0.1, 0.15) is 0 Å². The molecule has 0 aliphatic rings. The van der Waals surface area contributed by atoms with Crippen LogP contribution in [0.15, 0.2) is 65.6 Å². The molecule has 9 heteroatoms. The lowest BCUT2D eigenvalue weighted by Gasteiger charge is -2.09. The van der Waals surface area contributed by atoms with Crippen molar-refractivity contribution in [1.82, 2.24) is 0 Å². The third-order valence-corrected chi connectivity index (χ3v) is 4.95. The first-order valence-electron chi connectivity index (χ1n) is 8.41. The second-order valence-corrected chi connectivity index (χ2v) is 7.32. The Balaban J connectivity index is 0.000000234. The van der Waals surface area contributed by atoms with Gasteiger partial charge in [-0.1, -0.05) is 18.2 Å². The average molecular weight is 417 g/mol. The molecule has 0 aliphatic carbocycles. The van der Waals surface area contributed by atoms with Gasteiger partial charge in [-0.25, -0.2) is 8.42 Å². The van der Waals surface area contributed by atoms with E-state index >= 15 is 0 Å². The standard InChI is InChI=1S/C14H16N2O2.C6H7NO3S/c1-17-13-7-9(3-5-11(13)15)10-4-6-12(16)14(8-10)18-2;7-5-3-1-2-4-6(5)11(8,9)10/h3-8H,15-16H2,1-2H3;1-4H,7H2,(H,8,9,10). The topological polar surface area (TPSA) is 155 Å². The van der Waals surface area contributed by atoms with Gasteiger partial charge in [0.05, 0.1) is 24.8 Å². The largest absolute Gasteiger partial charge is 0.744 e. The maximum absolute atomic E-state index is 10.4. The molecule has 3 aromatic carbocycles. The van der Waals surface area contributed by atoms with Crippen molar-refractivity contribution in [2.45, 2.75) is 4.90 Å². The fourth-order valence-electron chi connectivity index (χ4n) is 2.52. The van der Waals surface area contributed by atoms with Crippen molar-refractivity contribution in [1.29, 1.82) is 0 Å². The Labute approximate surface area is 169 Å². The Bertz CT molecular complexity index is 1050. The SMILES string of the molecule is COc1cc(-c2ccc([NH3+])c(OC)c2)ccc1N.Nc1ccccc1S(=O)(=O)[O-]. The van der Waals surface area contributed by atoms with Gasteiger partial charge in [-0.3, -0.25) is 0 Å². The summed E-state index contributed by atoms with van der Waals surface area (Å²) in [4.78, 5) is -0.361. The molecule has 3 rings (SSSR count). The van der Waals surface area contributed by atoms with Crippen LogP contribution in [0, 0.1) is 0 Å². The Kier molecular flexibility index (Phi) is 7.05. The van der Waals surface area contributed by atoms with E-state index in [2.05, 4.69) is 5.73 Å². The molecule has 0 atom stereocenters. The van der Waals surface area contributed by atoms with Crippen LogP contribution >= 0.6 is 0 Å². The van der Waals surface area contributed by atoms with Crippen molar-refractivity contribution in [2.24, 2.45) is 0 Å². The van der Waals surface area contributed by atoms with E-state index in [1.54, 1.807) is 20.3 Å². The van der Waals surface area contributed by atoms with Gasteiger partial charge in [-0.15, -0.1) is 0 Å². The fraction of sp³-hybridized carbons (Fsp3) is 0.100. The number of quaternary nitrogens is 1. The molecular weight excluding hydrogens is 394 g/mol. The normalized spacial score (nSPS) is 10.6. The van der Waals surface area contributed by atoms with Crippen molar-refractivity contribution in [2.75, 3.05) is 25.7 Å². The number of methoxy groups -OCH3 is 2. The number of anilines is 2. The van der Waals surface area contributed by atoms with E-state index in [1.807, 2.05) is 36.4 Å². The van der Waals surface area contributed by atoms with Crippen LogP contribution < -0.4 is 26.7 Å². The number of benzene rings is 3. The van der Waals surface area contributed by atoms with Crippen LogP contribution in [0.3, 0.4) is 0 Å². The summed E-state index contributed by atoms with van der Waals surface area (Å²) in [6, 6.07) is 17.1. The quantitative estimate of drug-likeness (QED) is 0.433. The molecule has 0 amide bonds. The van der Waals surface area contributed by atoms with Gasteiger partial charge in [0.2, 0.25) is 0 Å². The van der Waals surface area contributed by atoms with Crippen LogP contribution in [0.2, 0.25) is 0 Å². The zero-order chi connectivity index (χ0) is 21.6. The molecule has 0 fully saturated rings. The lowest BCUT2D eigenvalue weighted by Crippen LogP contribution is -2.40. The Morgan fingerprint density at radius 1 is 0.828 bits per heavy atom. The molecule has 154 valence electrons. The maximum atomic E-state index is 10.4. The predicted molar refractivity (Wildman–Crippen MR) is 111 cm³/mol. The highest BCUT2D eigenvalue weighted by molar-refractivity contribution is 7.86. The summed E-state index contributed by atoms with van der Waals surface area (Å²) in [5, 5.41) is 0. The van der Waals surface area contributed by atoms with Gasteiger partial charge in [-0.05, 0) is 47.5 Å². The minimum Gasteiger partial charge on any atom is -0.744 e. The smallest absolute Gasteiger partial charge is 0.180 e. The van der Waals surface area contributed by atoms with Crippen molar-refractivity contribution >= 4 is 27.2 Å². The van der Waals surface area contributed by atoms with Gasteiger partial charge in [0.15, 0.2) is 11.4 Å². The highest BCUT2D eigenvalue weighted by Gasteiger charge is 2.08. The number of hydrogen-bond acceptors (Lipinski definition) is 7. The molecule has 0 aliphatic heterocycles. The van der Waals surface area contributed by atoms with Gasteiger partial charge in [-0.2, -0.15) is 0 Å². The lowest BCUT2D eigenvalue weighted by atomic mass is 10.0. The average Bonchev–Trinajstić information content (AvgIpc) is 2.69. The van der Waals surface area contributed by atoms with E-state index in [0.29, 0.717) is 11.4 Å². The first-order valence-corrected chi connectivity index (χ1v) is 9.82. The van der Waals surface area contributed by atoms with E-state index in [1.165, 1.54) is 18.2 Å². The molecule has 0 bridgehead atoms. The summed E-state index contributed by atoms with van der Waals surface area (Å²) in [6.45, 7) is 0. The zero-order valence-electron chi connectivity index (χ0n) is 16.1. The van der Waals surface area contributed by atoms with Gasteiger partial charge >= 0.3 is 0 Å². The monoisotopic (exact) mass is 417 g/mol. The van der Waals surface area contributed by atoms with E-state index in [-0.39, 0.29) is 10.6 Å². The van der Waals surface area contributed by atoms with Crippen molar-refractivity contribution < 1.29 is 28.2 Å². The molecule has 0 spiro atoms. The van der Waals surface area contributed by atoms with Crippen molar-refractivity contribution in [3.05, 3.63) is 60.7 Å². The highest BCUT2D eigenvalue weighted by Crippen LogP contribution is 2.32. The van der Waals surface area contributed by atoms with Crippen molar-refractivity contribution in [3.8, 4) is 22.6 Å². The van der Waals surface area contributed by atoms with Crippen LogP contribution in [0.4, 0.5) is 17.1 Å². The molecule has 0 aromatic heterocycles. The molecule has 29 heavy (non-hydrogen) atoms.